The number of hydrogen-bond donors (Lipinski definition) is 4. The smallest absolute Gasteiger partial charge is 0.262 e. The molecule has 0 bridgehead atoms. The molecule has 2 aromatic rings. The van der Waals surface area contributed by atoms with Crippen molar-refractivity contribution >= 4 is 11.6 Å². The number of ether oxygens (including phenoxy) is 1. The van der Waals surface area contributed by atoms with Crippen molar-refractivity contribution in [2.75, 3.05) is 25.0 Å². The Morgan fingerprint density at radius 1 is 1.24 bits per heavy atom. The first-order chi connectivity index (χ1) is 12.0. The first-order valence-corrected chi connectivity index (χ1v) is 7.96. The van der Waals surface area contributed by atoms with Crippen molar-refractivity contribution in [1.29, 1.82) is 0 Å². The average molecular weight is 346 g/mol. The summed E-state index contributed by atoms with van der Waals surface area (Å²) in [4.78, 5) is 11.4. The average Bonchev–Trinajstić information content (AvgIpc) is 2.61. The van der Waals surface area contributed by atoms with E-state index in [1.54, 1.807) is 18.2 Å². The Kier molecular flexibility index (Phi) is 5.16. The van der Waals surface area contributed by atoms with E-state index in [9.17, 15) is 19.4 Å². The summed E-state index contributed by atoms with van der Waals surface area (Å²) in [5.74, 6) is -0.445. The van der Waals surface area contributed by atoms with Crippen LogP contribution in [0, 0.1) is 5.82 Å². The predicted molar refractivity (Wildman–Crippen MR) is 90.2 cm³/mol. The molecule has 0 saturated carbocycles. The van der Waals surface area contributed by atoms with Crippen molar-refractivity contribution in [3.05, 3.63) is 53.3 Å². The minimum atomic E-state index is -0.863. The third kappa shape index (κ3) is 4.07. The van der Waals surface area contributed by atoms with Crippen LogP contribution in [0.2, 0.25) is 0 Å². The summed E-state index contributed by atoms with van der Waals surface area (Å²) in [7, 11) is 0. The van der Waals surface area contributed by atoms with Gasteiger partial charge in [-0.3, -0.25) is 4.79 Å². The highest BCUT2D eigenvalue weighted by atomic mass is 19.1. The van der Waals surface area contributed by atoms with Crippen molar-refractivity contribution in [3.63, 3.8) is 0 Å². The van der Waals surface area contributed by atoms with Gasteiger partial charge < -0.3 is 25.6 Å². The molecule has 1 amide bonds. The highest BCUT2D eigenvalue weighted by molar-refractivity contribution is 5.97. The van der Waals surface area contributed by atoms with Crippen molar-refractivity contribution < 1.29 is 24.1 Å². The number of hydrogen-bond acceptors (Lipinski definition) is 5. The van der Waals surface area contributed by atoms with Gasteiger partial charge in [0.1, 0.15) is 17.3 Å². The highest BCUT2D eigenvalue weighted by Crippen LogP contribution is 2.41. The number of aliphatic hydroxyl groups is 1. The van der Waals surface area contributed by atoms with E-state index in [1.807, 2.05) is 0 Å². The first-order valence-electron chi connectivity index (χ1n) is 7.96. The number of carbonyl (C=O) groups is 1. The lowest BCUT2D eigenvalue weighted by atomic mass is 10.0. The van der Waals surface area contributed by atoms with Gasteiger partial charge in [0.15, 0.2) is 12.4 Å². The molecule has 0 fully saturated rings. The van der Waals surface area contributed by atoms with E-state index in [0.717, 1.165) is 5.56 Å². The Morgan fingerprint density at radius 2 is 2.00 bits per heavy atom. The van der Waals surface area contributed by atoms with E-state index < -0.39 is 6.10 Å². The molecule has 3 rings (SSSR count). The molecular weight excluding hydrogens is 327 g/mol. The fraction of sp³-hybridized carbons (Fsp3) is 0.278. The number of halogens is 1. The number of phenols is 1. The van der Waals surface area contributed by atoms with Crippen LogP contribution in [0.15, 0.2) is 36.4 Å². The fourth-order valence-electron chi connectivity index (χ4n) is 2.67. The first kappa shape index (κ1) is 17.2. The van der Waals surface area contributed by atoms with Gasteiger partial charge in [-0.1, -0.05) is 12.1 Å². The minimum Gasteiger partial charge on any atom is -0.506 e. The molecule has 1 atom stereocenters. The van der Waals surface area contributed by atoms with Crippen molar-refractivity contribution in [2.24, 2.45) is 0 Å². The van der Waals surface area contributed by atoms with Gasteiger partial charge in [0, 0.05) is 12.1 Å². The zero-order valence-electron chi connectivity index (χ0n) is 13.5. The number of phenolic OH excluding ortho intramolecular Hbond substituents is 1. The standard InChI is InChI=1S/C18H19FN2O4/c19-12-3-1-11(2-4-12)7-8-20-9-15(23)13-5-6-14(22)17-18(13)25-10-16(24)21-17/h1-6,15,20,22-23H,7-10H2,(H,21,24). The molecule has 1 unspecified atom stereocenters. The Morgan fingerprint density at radius 3 is 2.76 bits per heavy atom. The molecule has 1 heterocycles. The predicted octanol–water partition coefficient (Wildman–Crippen LogP) is 1.73. The lowest BCUT2D eigenvalue weighted by molar-refractivity contribution is -0.118. The van der Waals surface area contributed by atoms with E-state index in [0.29, 0.717) is 18.5 Å². The van der Waals surface area contributed by atoms with Crippen LogP contribution in [0.3, 0.4) is 0 Å². The second kappa shape index (κ2) is 7.50. The zero-order valence-corrected chi connectivity index (χ0v) is 13.5. The van der Waals surface area contributed by atoms with Crippen LogP contribution in [-0.4, -0.2) is 35.8 Å². The summed E-state index contributed by atoms with van der Waals surface area (Å²) in [5.41, 5.74) is 1.66. The number of fused-ring (bicyclic) bond motifs is 1. The van der Waals surface area contributed by atoms with Gasteiger partial charge in [0.05, 0.1) is 6.10 Å². The van der Waals surface area contributed by atoms with Crippen molar-refractivity contribution in [3.8, 4) is 11.5 Å². The number of carbonyl (C=O) groups excluding carboxylic acids is 1. The molecule has 0 spiro atoms. The van der Waals surface area contributed by atoms with Crippen LogP contribution < -0.4 is 15.4 Å². The normalized spacial score (nSPS) is 14.4. The largest absolute Gasteiger partial charge is 0.506 e. The molecule has 7 heteroatoms. The van der Waals surface area contributed by atoms with Crippen LogP contribution in [0.25, 0.3) is 0 Å². The number of benzene rings is 2. The van der Waals surface area contributed by atoms with Gasteiger partial charge >= 0.3 is 0 Å². The monoisotopic (exact) mass is 346 g/mol. The van der Waals surface area contributed by atoms with Crippen LogP contribution in [0.4, 0.5) is 10.1 Å². The number of nitrogens with one attached hydrogen (secondary N) is 2. The van der Waals surface area contributed by atoms with Gasteiger partial charge in [0.2, 0.25) is 0 Å². The third-order valence-electron chi connectivity index (χ3n) is 3.98. The summed E-state index contributed by atoms with van der Waals surface area (Å²) >= 11 is 0. The number of aromatic hydroxyl groups is 1. The van der Waals surface area contributed by atoms with Crippen molar-refractivity contribution in [2.45, 2.75) is 12.5 Å². The molecule has 2 aromatic carbocycles. The molecule has 0 aromatic heterocycles. The number of anilines is 1. The van der Waals surface area contributed by atoms with Gasteiger partial charge in [0.25, 0.3) is 5.91 Å². The second-order valence-corrected chi connectivity index (χ2v) is 5.81. The van der Waals surface area contributed by atoms with E-state index >= 15 is 0 Å². The molecule has 1 aliphatic heterocycles. The summed E-state index contributed by atoms with van der Waals surface area (Å²) in [5, 5.41) is 25.9. The maximum atomic E-state index is 12.9. The Balaban J connectivity index is 1.58. The summed E-state index contributed by atoms with van der Waals surface area (Å²) in [6.45, 7) is 0.727. The van der Waals surface area contributed by atoms with Crippen LogP contribution >= 0.6 is 0 Å². The third-order valence-corrected chi connectivity index (χ3v) is 3.98. The quantitative estimate of drug-likeness (QED) is 0.472. The molecule has 132 valence electrons. The SMILES string of the molecule is O=C1COc2c(C(O)CNCCc3ccc(F)cc3)ccc(O)c2N1. The minimum absolute atomic E-state index is 0.108. The van der Waals surface area contributed by atoms with E-state index in [1.165, 1.54) is 18.2 Å². The molecule has 0 radical (unpaired) electrons. The molecule has 0 saturated heterocycles. The Labute approximate surface area is 144 Å². The summed E-state index contributed by atoms with van der Waals surface area (Å²) < 4.78 is 18.2. The second-order valence-electron chi connectivity index (χ2n) is 5.81. The zero-order chi connectivity index (χ0) is 17.8. The molecule has 25 heavy (non-hydrogen) atoms. The van der Waals surface area contributed by atoms with Gasteiger partial charge in [-0.05, 0) is 42.8 Å². The Hall–Kier alpha value is -2.64. The van der Waals surface area contributed by atoms with E-state index in [-0.39, 0.29) is 42.1 Å². The van der Waals surface area contributed by atoms with Gasteiger partial charge in [-0.2, -0.15) is 0 Å². The maximum Gasteiger partial charge on any atom is 0.262 e. The number of rotatable bonds is 6. The van der Waals surface area contributed by atoms with E-state index in [4.69, 9.17) is 4.74 Å². The molecule has 1 aliphatic rings. The Bertz CT molecular complexity index is 764. The maximum absolute atomic E-state index is 12.9. The van der Waals surface area contributed by atoms with Crippen LogP contribution in [0.5, 0.6) is 11.5 Å². The number of amides is 1. The lowest BCUT2D eigenvalue weighted by Crippen LogP contribution is -2.28. The van der Waals surface area contributed by atoms with E-state index in [2.05, 4.69) is 10.6 Å². The van der Waals surface area contributed by atoms with Gasteiger partial charge in [-0.25, -0.2) is 4.39 Å². The number of aliphatic hydroxyl groups excluding tert-OH is 1. The highest BCUT2D eigenvalue weighted by Gasteiger charge is 2.25. The molecular formula is C18H19FN2O4. The summed E-state index contributed by atoms with van der Waals surface area (Å²) in [6, 6.07) is 9.25. The van der Waals surface area contributed by atoms with Crippen LogP contribution in [0.1, 0.15) is 17.2 Å². The lowest BCUT2D eigenvalue weighted by Gasteiger charge is -2.23. The molecule has 6 nitrogen and oxygen atoms in total. The summed E-state index contributed by atoms with van der Waals surface area (Å²) in [6.07, 6.45) is -0.162. The topological polar surface area (TPSA) is 90.8 Å². The van der Waals surface area contributed by atoms with Crippen LogP contribution in [-0.2, 0) is 11.2 Å². The molecule has 4 N–H and O–H groups in total. The van der Waals surface area contributed by atoms with Gasteiger partial charge in [-0.15, -0.1) is 0 Å². The fourth-order valence-corrected chi connectivity index (χ4v) is 2.67. The van der Waals surface area contributed by atoms with Crippen molar-refractivity contribution in [1.82, 2.24) is 5.32 Å². The molecule has 0 aliphatic carbocycles.